The second kappa shape index (κ2) is 4.04. The standard InChI is InChI=1S/C7H17FSi/c1-4-6-7-9(3,8)5-2/h4-7H2,1-3H3. The third-order valence-corrected chi connectivity index (χ3v) is 4.66. The third kappa shape index (κ3) is 4.64. The molecular weight excluding hydrogens is 131 g/mol. The Morgan fingerprint density at radius 1 is 1.33 bits per heavy atom. The normalized spacial score (nSPS) is 17.3. The highest BCUT2D eigenvalue weighted by Crippen LogP contribution is 2.18. The van der Waals surface area contributed by atoms with Gasteiger partial charge in [-0.2, -0.15) is 0 Å². The number of halogens is 1. The molecule has 0 aliphatic heterocycles. The molecule has 0 N–H and O–H groups in total. The average Bonchev–Trinajstić information content (AvgIpc) is 1.84. The zero-order valence-electron chi connectivity index (χ0n) is 6.71. The zero-order valence-corrected chi connectivity index (χ0v) is 7.71. The highest BCUT2D eigenvalue weighted by Gasteiger charge is 2.23. The van der Waals surface area contributed by atoms with Crippen molar-refractivity contribution in [3.8, 4) is 0 Å². The Labute approximate surface area is 58.6 Å². The van der Waals surface area contributed by atoms with Crippen LogP contribution in [-0.2, 0) is 0 Å². The average molecular weight is 148 g/mol. The highest BCUT2D eigenvalue weighted by atomic mass is 28.4. The van der Waals surface area contributed by atoms with Gasteiger partial charge in [-0.15, -0.1) is 0 Å². The molecule has 0 rings (SSSR count). The fraction of sp³-hybridized carbons (Fsp3) is 1.00. The Hall–Kier alpha value is 0.147. The molecule has 0 radical (unpaired) electrons. The Bertz CT molecular complexity index is 71.3. The third-order valence-electron chi connectivity index (χ3n) is 1.79. The summed E-state index contributed by atoms with van der Waals surface area (Å²) in [5.74, 6) is 0. The summed E-state index contributed by atoms with van der Waals surface area (Å²) in [4.78, 5) is 0. The van der Waals surface area contributed by atoms with Crippen LogP contribution in [0.1, 0.15) is 26.7 Å². The van der Waals surface area contributed by atoms with E-state index >= 15 is 0 Å². The van der Waals surface area contributed by atoms with Crippen molar-refractivity contribution in [2.45, 2.75) is 45.3 Å². The lowest BCUT2D eigenvalue weighted by molar-refractivity contribution is 0.735. The molecule has 0 saturated carbocycles. The summed E-state index contributed by atoms with van der Waals surface area (Å²) in [6.07, 6.45) is 2.21. The van der Waals surface area contributed by atoms with Gasteiger partial charge >= 0.3 is 0 Å². The summed E-state index contributed by atoms with van der Waals surface area (Å²) < 4.78 is 13.1. The fourth-order valence-electron chi connectivity index (χ4n) is 0.722. The van der Waals surface area contributed by atoms with E-state index in [0.29, 0.717) is 0 Å². The minimum absolute atomic E-state index is 0.785. The lowest BCUT2D eigenvalue weighted by Crippen LogP contribution is -2.21. The first-order valence-electron chi connectivity index (χ1n) is 3.81. The summed E-state index contributed by atoms with van der Waals surface area (Å²) in [7, 11) is -2.20. The summed E-state index contributed by atoms with van der Waals surface area (Å²) >= 11 is 0. The first-order chi connectivity index (χ1) is 4.12. The maximum Gasteiger partial charge on any atom is 0.243 e. The summed E-state index contributed by atoms with van der Waals surface area (Å²) in [5, 5.41) is 0. The number of hydrogen-bond acceptors (Lipinski definition) is 0. The Morgan fingerprint density at radius 3 is 2.22 bits per heavy atom. The van der Waals surface area contributed by atoms with Crippen molar-refractivity contribution >= 4 is 8.41 Å². The van der Waals surface area contributed by atoms with E-state index in [9.17, 15) is 4.11 Å². The van der Waals surface area contributed by atoms with Crippen molar-refractivity contribution in [3.05, 3.63) is 0 Å². The van der Waals surface area contributed by atoms with Gasteiger partial charge < -0.3 is 4.11 Å². The number of rotatable bonds is 4. The molecule has 0 aromatic carbocycles. The van der Waals surface area contributed by atoms with Crippen molar-refractivity contribution in [2.75, 3.05) is 0 Å². The van der Waals surface area contributed by atoms with Crippen LogP contribution >= 0.6 is 0 Å². The Morgan fingerprint density at radius 2 is 1.89 bits per heavy atom. The van der Waals surface area contributed by atoms with E-state index in [-0.39, 0.29) is 0 Å². The molecule has 0 aromatic rings. The van der Waals surface area contributed by atoms with Crippen LogP contribution < -0.4 is 0 Å². The predicted molar refractivity (Wildman–Crippen MR) is 42.9 cm³/mol. The van der Waals surface area contributed by atoms with Crippen LogP contribution in [-0.4, -0.2) is 8.41 Å². The minimum atomic E-state index is -2.20. The van der Waals surface area contributed by atoms with Gasteiger partial charge in [0.1, 0.15) is 0 Å². The molecule has 1 atom stereocenters. The van der Waals surface area contributed by atoms with Crippen molar-refractivity contribution in [3.63, 3.8) is 0 Å². The van der Waals surface area contributed by atoms with Crippen LogP contribution in [0.4, 0.5) is 4.11 Å². The van der Waals surface area contributed by atoms with Crippen LogP contribution in [0.15, 0.2) is 0 Å². The molecule has 0 nitrogen and oxygen atoms in total. The van der Waals surface area contributed by atoms with Gasteiger partial charge in [0.25, 0.3) is 0 Å². The molecule has 0 aliphatic rings. The Kier molecular flexibility index (Phi) is 4.11. The summed E-state index contributed by atoms with van der Waals surface area (Å²) in [6, 6.07) is 1.65. The lowest BCUT2D eigenvalue weighted by Gasteiger charge is -2.12. The van der Waals surface area contributed by atoms with Gasteiger partial charge in [0.05, 0.1) is 0 Å². The second-order valence-electron chi connectivity index (χ2n) is 2.87. The van der Waals surface area contributed by atoms with Crippen molar-refractivity contribution in [1.29, 1.82) is 0 Å². The SMILES string of the molecule is CCCC[Si](C)(F)CC. The maximum absolute atomic E-state index is 13.1. The molecule has 0 saturated heterocycles. The quantitative estimate of drug-likeness (QED) is 0.423. The van der Waals surface area contributed by atoms with Crippen molar-refractivity contribution in [1.82, 2.24) is 0 Å². The molecule has 1 unspecified atom stereocenters. The van der Waals surface area contributed by atoms with E-state index in [0.717, 1.165) is 24.9 Å². The smallest absolute Gasteiger partial charge is 0.243 e. The lowest BCUT2D eigenvalue weighted by atomic mass is 10.4. The van der Waals surface area contributed by atoms with Gasteiger partial charge in [-0.1, -0.05) is 26.7 Å². The zero-order chi connectivity index (χ0) is 7.33. The number of hydrogen-bond donors (Lipinski definition) is 0. The largest absolute Gasteiger partial charge is 0.314 e. The second-order valence-corrected chi connectivity index (χ2v) is 6.90. The van der Waals surface area contributed by atoms with Crippen molar-refractivity contribution in [2.24, 2.45) is 0 Å². The molecule has 0 aromatic heterocycles. The van der Waals surface area contributed by atoms with E-state index in [1.54, 1.807) is 0 Å². The van der Waals surface area contributed by atoms with E-state index in [4.69, 9.17) is 0 Å². The van der Waals surface area contributed by atoms with E-state index in [1.165, 1.54) is 0 Å². The van der Waals surface area contributed by atoms with Gasteiger partial charge in [0.2, 0.25) is 8.41 Å². The first kappa shape index (κ1) is 9.15. The van der Waals surface area contributed by atoms with Gasteiger partial charge in [-0.25, -0.2) is 0 Å². The minimum Gasteiger partial charge on any atom is -0.314 e. The topological polar surface area (TPSA) is 0 Å². The predicted octanol–water partition coefficient (Wildman–Crippen LogP) is 3.35. The van der Waals surface area contributed by atoms with Crippen LogP contribution in [0.2, 0.25) is 18.6 Å². The van der Waals surface area contributed by atoms with Gasteiger partial charge in [-0.3, -0.25) is 0 Å². The monoisotopic (exact) mass is 148 g/mol. The van der Waals surface area contributed by atoms with Crippen LogP contribution in [0.5, 0.6) is 0 Å². The molecule has 56 valence electrons. The molecule has 9 heavy (non-hydrogen) atoms. The Balaban J connectivity index is 3.33. The summed E-state index contributed by atoms with van der Waals surface area (Å²) in [6.45, 7) is 5.89. The fourth-order valence-corrected chi connectivity index (χ4v) is 2.17. The van der Waals surface area contributed by atoms with Gasteiger partial charge in [-0.05, 0) is 18.6 Å². The van der Waals surface area contributed by atoms with Gasteiger partial charge in [0, 0.05) is 0 Å². The van der Waals surface area contributed by atoms with Crippen LogP contribution in [0, 0.1) is 0 Å². The highest BCUT2D eigenvalue weighted by molar-refractivity contribution is 6.71. The number of unbranched alkanes of at least 4 members (excludes halogenated alkanes) is 1. The van der Waals surface area contributed by atoms with E-state index < -0.39 is 8.41 Å². The van der Waals surface area contributed by atoms with Crippen LogP contribution in [0.25, 0.3) is 0 Å². The van der Waals surface area contributed by atoms with Crippen LogP contribution in [0.3, 0.4) is 0 Å². The molecule has 2 heteroatoms. The van der Waals surface area contributed by atoms with Gasteiger partial charge in [0.15, 0.2) is 0 Å². The molecule has 0 aliphatic carbocycles. The van der Waals surface area contributed by atoms with E-state index in [2.05, 4.69) is 6.92 Å². The first-order valence-corrected chi connectivity index (χ1v) is 6.60. The van der Waals surface area contributed by atoms with E-state index in [1.807, 2.05) is 13.5 Å². The maximum atomic E-state index is 13.1. The molecule has 0 bridgehead atoms. The summed E-state index contributed by atoms with van der Waals surface area (Å²) in [5.41, 5.74) is 0. The molecule has 0 heterocycles. The molecule has 0 amide bonds. The molecular formula is C7H17FSi. The molecule has 0 fully saturated rings. The van der Waals surface area contributed by atoms with Crippen molar-refractivity contribution < 1.29 is 4.11 Å². The molecule has 0 spiro atoms.